The van der Waals surface area contributed by atoms with Crippen LogP contribution in [-0.2, 0) is 13.5 Å². The van der Waals surface area contributed by atoms with Crippen molar-refractivity contribution in [1.29, 1.82) is 0 Å². The van der Waals surface area contributed by atoms with Crippen LogP contribution in [0.2, 0.25) is 0 Å². The number of rotatable bonds is 2. The normalized spacial score (nSPS) is 10.9. The number of hydrogen-bond acceptors (Lipinski definition) is 3. The molecule has 80 valence electrons. The highest BCUT2D eigenvalue weighted by Crippen LogP contribution is 2.27. The first-order valence-electron chi connectivity index (χ1n) is 5.01. The molecule has 4 heteroatoms. The molecule has 0 aliphatic carbocycles. The van der Waals surface area contributed by atoms with Gasteiger partial charge >= 0.3 is 0 Å². The van der Waals surface area contributed by atoms with Gasteiger partial charge in [-0.15, -0.1) is 0 Å². The standard InChI is InChI=1S/C11H15N3O/c1-4-8-5-6-9(15-8)10-7(2)11(12)14(3)13-10/h5-6H,4,12H2,1-3H3. The van der Waals surface area contributed by atoms with Crippen LogP contribution in [0.1, 0.15) is 18.2 Å². The van der Waals surface area contributed by atoms with Crippen molar-refractivity contribution in [2.24, 2.45) is 7.05 Å². The van der Waals surface area contributed by atoms with Crippen LogP contribution in [0.25, 0.3) is 11.5 Å². The van der Waals surface area contributed by atoms with Crippen molar-refractivity contribution in [2.45, 2.75) is 20.3 Å². The third kappa shape index (κ3) is 1.52. The summed E-state index contributed by atoms with van der Waals surface area (Å²) >= 11 is 0. The summed E-state index contributed by atoms with van der Waals surface area (Å²) in [7, 11) is 1.83. The molecule has 0 radical (unpaired) electrons. The van der Waals surface area contributed by atoms with E-state index < -0.39 is 0 Å². The van der Waals surface area contributed by atoms with Crippen molar-refractivity contribution in [3.63, 3.8) is 0 Å². The van der Waals surface area contributed by atoms with E-state index in [0.29, 0.717) is 5.82 Å². The molecule has 0 aromatic carbocycles. The number of aromatic nitrogens is 2. The Morgan fingerprint density at radius 3 is 2.67 bits per heavy atom. The van der Waals surface area contributed by atoms with Gasteiger partial charge in [0, 0.05) is 19.0 Å². The molecule has 4 nitrogen and oxygen atoms in total. The van der Waals surface area contributed by atoms with Crippen LogP contribution in [0.3, 0.4) is 0 Å². The van der Waals surface area contributed by atoms with Crippen molar-refractivity contribution >= 4 is 5.82 Å². The molecule has 2 heterocycles. The maximum Gasteiger partial charge on any atom is 0.154 e. The van der Waals surface area contributed by atoms with Gasteiger partial charge in [-0.1, -0.05) is 6.92 Å². The van der Waals surface area contributed by atoms with Crippen LogP contribution in [0.15, 0.2) is 16.5 Å². The van der Waals surface area contributed by atoms with E-state index in [1.165, 1.54) is 0 Å². The number of aryl methyl sites for hydroxylation is 2. The number of nitrogens with two attached hydrogens (primary N) is 1. The van der Waals surface area contributed by atoms with Crippen molar-refractivity contribution in [2.75, 3.05) is 5.73 Å². The van der Waals surface area contributed by atoms with Crippen LogP contribution in [0, 0.1) is 6.92 Å². The Morgan fingerprint density at radius 2 is 2.20 bits per heavy atom. The lowest BCUT2D eigenvalue weighted by atomic mass is 10.2. The van der Waals surface area contributed by atoms with Gasteiger partial charge in [0.05, 0.1) is 0 Å². The molecule has 2 aromatic heterocycles. The van der Waals surface area contributed by atoms with Crippen LogP contribution in [-0.4, -0.2) is 9.78 Å². The van der Waals surface area contributed by atoms with E-state index in [1.807, 2.05) is 26.1 Å². The monoisotopic (exact) mass is 205 g/mol. The van der Waals surface area contributed by atoms with E-state index in [0.717, 1.165) is 29.2 Å². The zero-order valence-electron chi connectivity index (χ0n) is 9.24. The summed E-state index contributed by atoms with van der Waals surface area (Å²) in [6.07, 6.45) is 0.890. The Labute approximate surface area is 88.7 Å². The molecule has 0 atom stereocenters. The molecular formula is C11H15N3O. The second kappa shape index (κ2) is 3.46. The fourth-order valence-corrected chi connectivity index (χ4v) is 1.57. The average Bonchev–Trinajstić information content (AvgIpc) is 2.79. The topological polar surface area (TPSA) is 57.0 Å². The Balaban J connectivity index is 2.49. The summed E-state index contributed by atoms with van der Waals surface area (Å²) in [5, 5.41) is 4.33. The third-order valence-electron chi connectivity index (χ3n) is 2.58. The molecule has 0 bridgehead atoms. The fourth-order valence-electron chi connectivity index (χ4n) is 1.57. The third-order valence-corrected chi connectivity index (χ3v) is 2.58. The summed E-state index contributed by atoms with van der Waals surface area (Å²) in [4.78, 5) is 0. The number of hydrogen-bond donors (Lipinski definition) is 1. The number of anilines is 1. The van der Waals surface area contributed by atoms with Gasteiger partial charge in [0.25, 0.3) is 0 Å². The maximum atomic E-state index is 5.84. The lowest BCUT2D eigenvalue weighted by Crippen LogP contribution is -1.97. The van der Waals surface area contributed by atoms with Gasteiger partial charge in [0.15, 0.2) is 5.76 Å². The zero-order chi connectivity index (χ0) is 11.0. The minimum atomic E-state index is 0.680. The molecule has 2 N–H and O–H groups in total. The first kappa shape index (κ1) is 9.83. The van der Waals surface area contributed by atoms with Crippen molar-refractivity contribution in [3.05, 3.63) is 23.5 Å². The molecule has 0 fully saturated rings. The first-order valence-corrected chi connectivity index (χ1v) is 5.01. The highest BCUT2D eigenvalue weighted by atomic mass is 16.3. The maximum absolute atomic E-state index is 5.84. The molecule has 2 rings (SSSR count). The lowest BCUT2D eigenvalue weighted by molar-refractivity contribution is 0.526. The summed E-state index contributed by atoms with van der Waals surface area (Å²) in [5.41, 5.74) is 7.63. The lowest BCUT2D eigenvalue weighted by Gasteiger charge is -1.93. The van der Waals surface area contributed by atoms with Crippen molar-refractivity contribution in [3.8, 4) is 11.5 Å². The van der Waals surface area contributed by atoms with E-state index in [4.69, 9.17) is 10.2 Å². The van der Waals surface area contributed by atoms with Crippen LogP contribution >= 0.6 is 0 Å². The summed E-state index contributed by atoms with van der Waals surface area (Å²) in [5.74, 6) is 2.43. The molecule has 0 spiro atoms. The molecule has 0 saturated heterocycles. The van der Waals surface area contributed by atoms with Gasteiger partial charge < -0.3 is 10.2 Å². The number of nitrogens with zero attached hydrogens (tertiary/aromatic N) is 2. The second-order valence-corrected chi connectivity index (χ2v) is 3.60. The van der Waals surface area contributed by atoms with Gasteiger partial charge in [-0.2, -0.15) is 5.10 Å². The minimum Gasteiger partial charge on any atom is -0.459 e. The largest absolute Gasteiger partial charge is 0.459 e. The van der Waals surface area contributed by atoms with E-state index >= 15 is 0 Å². The Bertz CT molecular complexity index is 482. The SMILES string of the molecule is CCc1ccc(-c2nn(C)c(N)c2C)o1. The van der Waals surface area contributed by atoms with Crippen LogP contribution in [0.4, 0.5) is 5.82 Å². The van der Waals surface area contributed by atoms with Crippen molar-refractivity contribution < 1.29 is 4.42 Å². The Hall–Kier alpha value is -1.71. The van der Waals surface area contributed by atoms with Gasteiger partial charge in [-0.05, 0) is 19.1 Å². The van der Waals surface area contributed by atoms with Gasteiger partial charge in [0.2, 0.25) is 0 Å². The molecule has 0 aliphatic rings. The average molecular weight is 205 g/mol. The van der Waals surface area contributed by atoms with Gasteiger partial charge in [0.1, 0.15) is 17.3 Å². The Kier molecular flexibility index (Phi) is 2.26. The predicted octanol–water partition coefficient (Wildman–Crippen LogP) is 2.13. The van der Waals surface area contributed by atoms with Gasteiger partial charge in [-0.3, -0.25) is 4.68 Å². The molecule has 2 aromatic rings. The molecule has 15 heavy (non-hydrogen) atoms. The smallest absolute Gasteiger partial charge is 0.154 e. The number of furan rings is 1. The minimum absolute atomic E-state index is 0.680. The zero-order valence-corrected chi connectivity index (χ0v) is 9.24. The fraction of sp³-hybridized carbons (Fsp3) is 0.364. The van der Waals surface area contributed by atoms with E-state index in [1.54, 1.807) is 4.68 Å². The molecule has 0 saturated carbocycles. The first-order chi connectivity index (χ1) is 7.13. The van der Waals surface area contributed by atoms with E-state index in [-0.39, 0.29) is 0 Å². The van der Waals surface area contributed by atoms with Crippen LogP contribution in [0.5, 0.6) is 0 Å². The summed E-state index contributed by atoms with van der Waals surface area (Å²) < 4.78 is 7.30. The van der Waals surface area contributed by atoms with Crippen LogP contribution < -0.4 is 5.73 Å². The Morgan fingerprint density at radius 1 is 1.47 bits per heavy atom. The summed E-state index contributed by atoms with van der Waals surface area (Å²) in [6, 6.07) is 3.91. The summed E-state index contributed by atoms with van der Waals surface area (Å²) in [6.45, 7) is 4.01. The molecule has 0 amide bonds. The quantitative estimate of drug-likeness (QED) is 0.817. The van der Waals surface area contributed by atoms with E-state index in [9.17, 15) is 0 Å². The second-order valence-electron chi connectivity index (χ2n) is 3.60. The molecular weight excluding hydrogens is 190 g/mol. The molecule has 0 aliphatic heterocycles. The highest BCUT2D eigenvalue weighted by Gasteiger charge is 2.14. The van der Waals surface area contributed by atoms with E-state index in [2.05, 4.69) is 12.0 Å². The number of nitrogen functional groups attached to an aromatic ring is 1. The molecule has 0 unspecified atom stereocenters. The van der Waals surface area contributed by atoms with Crippen molar-refractivity contribution in [1.82, 2.24) is 9.78 Å². The predicted molar refractivity (Wildman–Crippen MR) is 59.4 cm³/mol. The highest BCUT2D eigenvalue weighted by molar-refractivity contribution is 5.63. The van der Waals surface area contributed by atoms with Gasteiger partial charge in [-0.25, -0.2) is 0 Å².